The molecule has 0 fully saturated rings. The molecule has 2 aromatic heterocycles. The van der Waals surface area contributed by atoms with E-state index >= 15 is 0 Å². The van der Waals surface area contributed by atoms with Crippen molar-refractivity contribution in [1.29, 1.82) is 0 Å². The number of benzene rings is 1. The van der Waals surface area contributed by atoms with E-state index in [1.165, 1.54) is 6.26 Å². The third-order valence-electron chi connectivity index (χ3n) is 3.64. The quantitative estimate of drug-likeness (QED) is 0.707. The molecule has 3 heterocycles. The number of nitrogens with zero attached hydrogens (tertiary/aromatic N) is 3. The first kappa shape index (κ1) is 14.7. The summed E-state index contributed by atoms with van der Waals surface area (Å²) in [6.45, 7) is 0.104. The molecule has 0 aliphatic carbocycles. The van der Waals surface area contributed by atoms with Crippen molar-refractivity contribution < 1.29 is 13.9 Å². The Morgan fingerprint density at radius 3 is 2.83 bits per heavy atom. The van der Waals surface area contributed by atoms with Gasteiger partial charge in [-0.2, -0.15) is 14.4 Å². The van der Waals surface area contributed by atoms with Crippen molar-refractivity contribution in [3.63, 3.8) is 0 Å². The highest BCUT2D eigenvalue weighted by atomic mass is 35.5. The van der Waals surface area contributed by atoms with E-state index in [1.54, 1.807) is 6.07 Å². The summed E-state index contributed by atoms with van der Waals surface area (Å²) in [5.41, 5.74) is 6.97. The monoisotopic (exact) mass is 347 g/mol. The molecule has 24 heavy (non-hydrogen) atoms. The van der Waals surface area contributed by atoms with Crippen LogP contribution in [0.2, 0.25) is 5.02 Å². The molecule has 3 aromatic rings. The summed E-state index contributed by atoms with van der Waals surface area (Å²) in [6, 6.07) is 7.27. The van der Waals surface area contributed by atoms with Crippen LogP contribution in [0.3, 0.4) is 0 Å². The molecular formula is C15H11ClFN5O2. The fourth-order valence-electron chi connectivity index (χ4n) is 2.59. The van der Waals surface area contributed by atoms with E-state index in [0.717, 1.165) is 5.56 Å². The number of fused-ring (bicyclic) bond motifs is 1. The van der Waals surface area contributed by atoms with E-state index in [2.05, 4.69) is 19.9 Å². The Balaban J connectivity index is 1.91. The number of ether oxygens (including phenoxy) is 2. The van der Waals surface area contributed by atoms with E-state index in [0.29, 0.717) is 22.1 Å². The van der Waals surface area contributed by atoms with Gasteiger partial charge in [-0.1, -0.05) is 29.8 Å². The number of halogens is 2. The first-order chi connectivity index (χ1) is 11.6. The van der Waals surface area contributed by atoms with Gasteiger partial charge in [-0.15, -0.1) is 0 Å². The highest BCUT2D eigenvalue weighted by molar-refractivity contribution is 6.31. The van der Waals surface area contributed by atoms with Gasteiger partial charge in [0.05, 0.1) is 0 Å². The Bertz CT molecular complexity index is 958. The molecular weight excluding hydrogens is 337 g/mol. The van der Waals surface area contributed by atoms with E-state index in [1.807, 2.05) is 18.2 Å². The normalized spacial score (nSPS) is 15.0. The van der Waals surface area contributed by atoms with Crippen molar-refractivity contribution in [2.45, 2.75) is 5.92 Å². The maximum absolute atomic E-state index is 13.4. The zero-order chi connectivity index (χ0) is 16.7. The number of rotatable bonds is 3. The van der Waals surface area contributed by atoms with E-state index < -0.39 is 12.0 Å². The van der Waals surface area contributed by atoms with Crippen molar-refractivity contribution in [3.05, 3.63) is 58.8 Å². The second kappa shape index (κ2) is 5.64. The highest BCUT2D eigenvalue weighted by Crippen LogP contribution is 2.37. The van der Waals surface area contributed by atoms with Gasteiger partial charge >= 0.3 is 6.08 Å². The SMILES string of the molecule is Nc1nc(F)nc2nc(C(C3=COCO3)c3ccccc3Cl)[nH]c12. The van der Waals surface area contributed by atoms with Crippen molar-refractivity contribution in [1.82, 2.24) is 19.9 Å². The van der Waals surface area contributed by atoms with Crippen LogP contribution in [0.1, 0.15) is 17.3 Å². The largest absolute Gasteiger partial charge is 0.462 e. The average Bonchev–Trinajstić information content (AvgIpc) is 3.19. The maximum atomic E-state index is 13.4. The van der Waals surface area contributed by atoms with Crippen LogP contribution in [0.25, 0.3) is 11.2 Å². The third-order valence-corrected chi connectivity index (χ3v) is 3.98. The van der Waals surface area contributed by atoms with Crippen molar-refractivity contribution in [2.75, 3.05) is 12.5 Å². The minimum absolute atomic E-state index is 0.0215. The zero-order valence-electron chi connectivity index (χ0n) is 12.2. The smallest absolute Gasteiger partial charge is 0.312 e. The fraction of sp³-hybridized carbons (Fsp3) is 0.133. The summed E-state index contributed by atoms with van der Waals surface area (Å²) in [5, 5.41) is 0.532. The van der Waals surface area contributed by atoms with E-state index in [-0.39, 0.29) is 18.3 Å². The Hall–Kier alpha value is -2.87. The Morgan fingerprint density at radius 2 is 2.08 bits per heavy atom. The third kappa shape index (κ3) is 2.41. The van der Waals surface area contributed by atoms with Gasteiger partial charge in [-0.3, -0.25) is 0 Å². The summed E-state index contributed by atoms with van der Waals surface area (Å²) < 4.78 is 24.0. The van der Waals surface area contributed by atoms with Gasteiger partial charge in [-0.05, 0) is 11.6 Å². The molecule has 1 aliphatic heterocycles. The van der Waals surface area contributed by atoms with Gasteiger partial charge in [0.15, 0.2) is 11.5 Å². The lowest BCUT2D eigenvalue weighted by Crippen LogP contribution is -2.08. The number of hydrogen-bond donors (Lipinski definition) is 2. The molecule has 0 bridgehead atoms. The molecule has 1 aliphatic rings. The summed E-state index contributed by atoms with van der Waals surface area (Å²) in [5.74, 6) is 0.472. The second-order valence-corrected chi connectivity index (χ2v) is 5.51. The molecule has 1 atom stereocenters. The summed E-state index contributed by atoms with van der Waals surface area (Å²) in [4.78, 5) is 14.5. The Kier molecular flexibility index (Phi) is 3.46. The molecule has 1 unspecified atom stereocenters. The highest BCUT2D eigenvalue weighted by Gasteiger charge is 2.29. The molecule has 1 aromatic carbocycles. The van der Waals surface area contributed by atoms with Crippen LogP contribution >= 0.6 is 11.6 Å². The van der Waals surface area contributed by atoms with Gasteiger partial charge in [0.25, 0.3) is 0 Å². The zero-order valence-corrected chi connectivity index (χ0v) is 12.9. The molecule has 0 amide bonds. The molecule has 0 spiro atoms. The van der Waals surface area contributed by atoms with Gasteiger partial charge in [0, 0.05) is 5.02 Å². The lowest BCUT2D eigenvalue weighted by molar-refractivity contribution is 0.0766. The number of aromatic amines is 1. The molecule has 7 nitrogen and oxygen atoms in total. The molecule has 0 saturated carbocycles. The van der Waals surface area contributed by atoms with Gasteiger partial charge < -0.3 is 20.2 Å². The maximum Gasteiger partial charge on any atom is 0.312 e. The lowest BCUT2D eigenvalue weighted by atomic mass is 9.96. The number of anilines is 1. The van der Waals surface area contributed by atoms with Crippen LogP contribution in [-0.4, -0.2) is 26.7 Å². The Morgan fingerprint density at radius 1 is 1.25 bits per heavy atom. The molecule has 3 N–H and O–H groups in total. The first-order valence-electron chi connectivity index (χ1n) is 7.01. The number of imidazole rings is 1. The molecule has 4 rings (SSSR count). The summed E-state index contributed by atoms with van der Waals surface area (Å²) in [7, 11) is 0. The second-order valence-electron chi connectivity index (χ2n) is 5.10. The van der Waals surface area contributed by atoms with Crippen molar-refractivity contribution in [3.8, 4) is 0 Å². The summed E-state index contributed by atoms with van der Waals surface area (Å²) >= 11 is 6.32. The van der Waals surface area contributed by atoms with E-state index in [9.17, 15) is 4.39 Å². The summed E-state index contributed by atoms with van der Waals surface area (Å²) in [6.07, 6.45) is 0.559. The van der Waals surface area contributed by atoms with Crippen LogP contribution in [0.5, 0.6) is 0 Å². The lowest BCUT2D eigenvalue weighted by Gasteiger charge is -2.16. The molecule has 122 valence electrons. The molecule has 9 heteroatoms. The minimum Gasteiger partial charge on any atom is -0.462 e. The van der Waals surface area contributed by atoms with Crippen molar-refractivity contribution in [2.24, 2.45) is 0 Å². The van der Waals surface area contributed by atoms with Crippen LogP contribution < -0.4 is 5.73 Å². The van der Waals surface area contributed by atoms with Crippen LogP contribution in [0.4, 0.5) is 10.2 Å². The van der Waals surface area contributed by atoms with E-state index in [4.69, 9.17) is 26.8 Å². The van der Waals surface area contributed by atoms with Crippen LogP contribution in [0.15, 0.2) is 36.3 Å². The number of nitrogens with one attached hydrogen (secondary N) is 1. The number of allylic oxidation sites excluding steroid dienone is 1. The molecule has 0 saturated heterocycles. The predicted octanol–water partition coefficient (Wildman–Crippen LogP) is 2.71. The standard InChI is InChI=1S/C15H11ClFN5O2/c16-8-4-2-1-3-7(8)10(9-5-23-6-24-9)13-19-11-12(18)20-15(17)22-14(11)21-13/h1-5,10H,6H2,(H3,18,19,20,21,22). The Labute approximate surface area is 140 Å². The van der Waals surface area contributed by atoms with Gasteiger partial charge in [0.1, 0.15) is 29.3 Å². The van der Waals surface area contributed by atoms with Crippen LogP contribution in [-0.2, 0) is 9.47 Å². The van der Waals surface area contributed by atoms with Crippen molar-refractivity contribution >= 4 is 28.6 Å². The number of aromatic nitrogens is 4. The first-order valence-corrected chi connectivity index (χ1v) is 7.39. The number of nitrogen functional groups attached to an aromatic ring is 1. The van der Waals surface area contributed by atoms with Gasteiger partial charge in [-0.25, -0.2) is 4.98 Å². The predicted molar refractivity (Wildman–Crippen MR) is 84.5 cm³/mol. The van der Waals surface area contributed by atoms with Gasteiger partial charge in [0.2, 0.25) is 6.79 Å². The fourth-order valence-corrected chi connectivity index (χ4v) is 2.84. The number of nitrogens with two attached hydrogens (primary N) is 1. The topological polar surface area (TPSA) is 98.9 Å². The van der Waals surface area contributed by atoms with Crippen LogP contribution in [0, 0.1) is 6.08 Å². The average molecular weight is 348 g/mol. The molecule has 0 radical (unpaired) electrons. The number of H-pyrrole nitrogens is 1. The minimum atomic E-state index is -0.938. The number of hydrogen-bond acceptors (Lipinski definition) is 6.